The van der Waals surface area contributed by atoms with Crippen LogP contribution >= 0.6 is 0 Å². The maximum atomic E-state index is 14.9. The number of ether oxygens (including phenoxy) is 2. The molecule has 0 spiro atoms. The van der Waals surface area contributed by atoms with Gasteiger partial charge in [0.15, 0.2) is 6.10 Å². The Labute approximate surface area is 182 Å². The van der Waals surface area contributed by atoms with Gasteiger partial charge in [0, 0.05) is 24.2 Å². The Balaban J connectivity index is 1.46. The van der Waals surface area contributed by atoms with Gasteiger partial charge in [-0.15, -0.1) is 10.2 Å². The van der Waals surface area contributed by atoms with Gasteiger partial charge < -0.3 is 19.6 Å². The number of carbonyl (C=O) groups is 2. The number of aromatic nitrogens is 3. The lowest BCUT2D eigenvalue weighted by atomic mass is 10.1. The molecule has 0 bridgehead atoms. The molecule has 3 aromatic rings. The fourth-order valence-electron chi connectivity index (χ4n) is 3.11. The lowest BCUT2D eigenvalue weighted by molar-refractivity contribution is -0.147. The van der Waals surface area contributed by atoms with E-state index in [4.69, 9.17) is 19.6 Å². The van der Waals surface area contributed by atoms with Gasteiger partial charge in [-0.25, -0.2) is 9.18 Å². The van der Waals surface area contributed by atoms with Crippen molar-refractivity contribution in [3.63, 3.8) is 0 Å². The lowest BCUT2D eigenvalue weighted by Crippen LogP contribution is -2.32. The fourth-order valence-corrected chi connectivity index (χ4v) is 3.11. The van der Waals surface area contributed by atoms with E-state index in [0.29, 0.717) is 28.4 Å². The van der Waals surface area contributed by atoms with Gasteiger partial charge in [-0.3, -0.25) is 14.7 Å². The van der Waals surface area contributed by atoms with Crippen LogP contribution in [0.1, 0.15) is 12.8 Å². The highest BCUT2D eigenvalue weighted by Gasteiger charge is 2.33. The molecule has 3 heterocycles. The molecule has 1 amide bonds. The third kappa shape index (κ3) is 4.42. The van der Waals surface area contributed by atoms with Gasteiger partial charge in [-0.2, -0.15) is 0 Å². The van der Waals surface area contributed by atoms with Gasteiger partial charge in [-0.1, -0.05) is 6.07 Å². The average molecular weight is 441 g/mol. The quantitative estimate of drug-likeness (QED) is 0.573. The second kappa shape index (κ2) is 8.71. The molecular weight excluding hydrogens is 421 g/mol. The number of nitrogens with two attached hydrogens (primary N) is 1. The van der Waals surface area contributed by atoms with Crippen LogP contribution < -0.4 is 10.6 Å². The molecule has 11 heteroatoms. The molecule has 1 fully saturated rings. The zero-order valence-corrected chi connectivity index (χ0v) is 17.3. The van der Waals surface area contributed by atoms with Gasteiger partial charge in [0.25, 0.3) is 5.89 Å². The highest BCUT2D eigenvalue weighted by Crippen LogP contribution is 2.29. The van der Waals surface area contributed by atoms with Crippen molar-refractivity contribution >= 4 is 17.7 Å². The molecule has 0 saturated carbocycles. The van der Waals surface area contributed by atoms with Gasteiger partial charge in [0.2, 0.25) is 5.89 Å². The van der Waals surface area contributed by atoms with Crippen molar-refractivity contribution in [2.75, 3.05) is 18.1 Å². The van der Waals surface area contributed by atoms with Gasteiger partial charge in [-0.05, 0) is 31.2 Å². The van der Waals surface area contributed by atoms with Crippen molar-refractivity contribution in [1.29, 1.82) is 0 Å². The summed E-state index contributed by atoms with van der Waals surface area (Å²) in [4.78, 5) is 29.2. The molecule has 1 saturated heterocycles. The van der Waals surface area contributed by atoms with E-state index in [1.165, 1.54) is 24.1 Å². The van der Waals surface area contributed by atoms with Crippen LogP contribution in [0, 0.1) is 12.7 Å². The van der Waals surface area contributed by atoms with E-state index in [1.54, 1.807) is 31.2 Å². The van der Waals surface area contributed by atoms with Crippen molar-refractivity contribution < 1.29 is 27.9 Å². The zero-order chi connectivity index (χ0) is 22.8. The molecule has 2 atom stereocenters. The molecule has 10 nitrogen and oxygen atoms in total. The van der Waals surface area contributed by atoms with Gasteiger partial charge >= 0.3 is 12.1 Å². The number of rotatable bonds is 6. The molecular formula is C21H20FN5O5. The maximum absolute atomic E-state index is 14.9. The second-order valence-corrected chi connectivity index (χ2v) is 7.26. The molecule has 1 aromatic carbocycles. The molecule has 0 aliphatic carbocycles. The summed E-state index contributed by atoms with van der Waals surface area (Å²) in [6.45, 7) is 3.16. The van der Waals surface area contributed by atoms with Crippen molar-refractivity contribution in [3.05, 3.63) is 48.2 Å². The van der Waals surface area contributed by atoms with Gasteiger partial charge in [0.1, 0.15) is 24.2 Å². The van der Waals surface area contributed by atoms with Crippen LogP contribution in [-0.4, -0.2) is 52.5 Å². The molecule has 2 N–H and O–H groups in total. The smallest absolute Gasteiger partial charge is 0.414 e. The number of anilines is 1. The molecule has 1 aliphatic rings. The topological polar surface area (TPSA) is 134 Å². The van der Waals surface area contributed by atoms with Gasteiger partial charge in [0.05, 0.1) is 12.2 Å². The van der Waals surface area contributed by atoms with E-state index in [2.05, 4.69) is 15.2 Å². The summed E-state index contributed by atoms with van der Waals surface area (Å²) in [5.74, 6) is -0.435. The minimum atomic E-state index is -0.774. The number of pyridine rings is 1. The second-order valence-electron chi connectivity index (χ2n) is 7.26. The van der Waals surface area contributed by atoms with E-state index in [9.17, 15) is 14.0 Å². The monoisotopic (exact) mass is 441 g/mol. The molecule has 166 valence electrons. The van der Waals surface area contributed by atoms with E-state index >= 15 is 0 Å². The van der Waals surface area contributed by atoms with Crippen LogP contribution in [0.2, 0.25) is 0 Å². The van der Waals surface area contributed by atoms with E-state index < -0.39 is 30.0 Å². The third-order valence-corrected chi connectivity index (χ3v) is 4.74. The molecule has 1 unspecified atom stereocenters. The van der Waals surface area contributed by atoms with Crippen LogP contribution in [0.5, 0.6) is 0 Å². The first-order valence-electron chi connectivity index (χ1n) is 9.78. The van der Waals surface area contributed by atoms with Crippen LogP contribution in [0.3, 0.4) is 0 Å². The Bertz CT molecular complexity index is 1150. The van der Waals surface area contributed by atoms with E-state index in [0.717, 1.165) is 0 Å². The standard InChI is InChI=1S/C21H20FN5O5/c1-11(23)20(28)30-10-15-9-27(21(29)32-15)14-4-5-16(17(22)7-14)13-3-6-18(24-8-13)19-26-25-12(2)31-19/h3-8,11,15H,9-10,23H2,1-2H3/t11?,15-/m1/s1. The number of carbonyl (C=O) groups excluding carboxylic acids is 2. The Morgan fingerprint density at radius 2 is 2.16 bits per heavy atom. The number of hydrogen-bond acceptors (Lipinski definition) is 9. The minimum Gasteiger partial charge on any atom is -0.461 e. The number of cyclic esters (lactones) is 1. The van der Waals surface area contributed by atoms with Crippen LogP contribution in [0.4, 0.5) is 14.9 Å². The summed E-state index contributed by atoms with van der Waals surface area (Å²) in [6.07, 6.45) is 0.178. The molecule has 0 radical (unpaired) electrons. The normalized spacial score (nSPS) is 16.7. The molecule has 1 aliphatic heterocycles. The number of aryl methyl sites for hydroxylation is 1. The molecule has 2 aromatic heterocycles. The van der Waals surface area contributed by atoms with E-state index in [1.807, 2.05) is 0 Å². The first kappa shape index (κ1) is 21.4. The number of esters is 1. The summed E-state index contributed by atoms with van der Waals surface area (Å²) in [6, 6.07) is 6.96. The summed E-state index contributed by atoms with van der Waals surface area (Å²) in [7, 11) is 0. The average Bonchev–Trinajstić information content (AvgIpc) is 3.37. The van der Waals surface area contributed by atoms with Crippen molar-refractivity contribution in [2.45, 2.75) is 26.0 Å². The largest absolute Gasteiger partial charge is 0.461 e. The predicted molar refractivity (Wildman–Crippen MR) is 110 cm³/mol. The van der Waals surface area contributed by atoms with E-state index in [-0.39, 0.29) is 19.0 Å². The molecule has 4 rings (SSSR count). The van der Waals surface area contributed by atoms with Crippen molar-refractivity contribution in [2.24, 2.45) is 5.73 Å². The predicted octanol–water partition coefficient (Wildman–Crippen LogP) is 2.46. The zero-order valence-electron chi connectivity index (χ0n) is 17.3. The highest BCUT2D eigenvalue weighted by molar-refractivity contribution is 5.90. The first-order chi connectivity index (χ1) is 15.3. The Kier molecular flexibility index (Phi) is 5.82. The first-order valence-corrected chi connectivity index (χ1v) is 9.78. The minimum absolute atomic E-state index is 0.115. The van der Waals surface area contributed by atoms with Crippen LogP contribution in [-0.2, 0) is 14.3 Å². The number of hydrogen-bond donors (Lipinski definition) is 1. The van der Waals surface area contributed by atoms with Crippen molar-refractivity contribution in [1.82, 2.24) is 15.2 Å². The maximum Gasteiger partial charge on any atom is 0.414 e. The number of benzene rings is 1. The number of nitrogens with zero attached hydrogens (tertiary/aromatic N) is 4. The summed E-state index contributed by atoms with van der Waals surface area (Å²) in [5.41, 5.74) is 7.08. The highest BCUT2D eigenvalue weighted by atomic mass is 19.1. The summed E-state index contributed by atoms with van der Waals surface area (Å²) >= 11 is 0. The number of halogens is 1. The van der Waals surface area contributed by atoms with Crippen LogP contribution in [0.25, 0.3) is 22.7 Å². The fraction of sp³-hybridized carbons (Fsp3) is 0.286. The van der Waals surface area contributed by atoms with Crippen molar-refractivity contribution in [3.8, 4) is 22.7 Å². The Hall–Kier alpha value is -3.86. The Morgan fingerprint density at radius 1 is 1.34 bits per heavy atom. The molecule has 32 heavy (non-hydrogen) atoms. The number of amides is 1. The van der Waals surface area contributed by atoms with Crippen LogP contribution in [0.15, 0.2) is 40.9 Å². The third-order valence-electron chi connectivity index (χ3n) is 4.74. The summed E-state index contributed by atoms with van der Waals surface area (Å²) < 4.78 is 30.4. The summed E-state index contributed by atoms with van der Waals surface area (Å²) in [5, 5.41) is 7.65. The SMILES string of the molecule is Cc1nnc(-c2ccc(-c3ccc(N4C[C@H](COC(=O)C(C)N)OC4=O)cc3F)cn2)o1. The lowest BCUT2D eigenvalue weighted by Gasteiger charge is -2.14. The Morgan fingerprint density at radius 3 is 2.78 bits per heavy atom.